The Morgan fingerprint density at radius 2 is 0.727 bits per heavy atom. The van der Waals surface area contributed by atoms with E-state index in [2.05, 4.69) is 72.1 Å². The average Bonchev–Trinajstić information content (AvgIpc) is 3.58. The molecule has 2 aliphatic rings. The van der Waals surface area contributed by atoms with E-state index in [1.807, 2.05) is 0 Å². The van der Waals surface area contributed by atoms with Crippen molar-refractivity contribution in [2.75, 3.05) is 13.1 Å². The molecule has 2 heterocycles. The lowest BCUT2D eigenvalue weighted by Crippen LogP contribution is -2.40. The van der Waals surface area contributed by atoms with Crippen LogP contribution in [0, 0.1) is 0 Å². The minimum atomic E-state index is 0.104. The lowest BCUT2D eigenvalue weighted by Gasteiger charge is -2.33. The Kier molecular flexibility index (Phi) is 22.7. The molecule has 0 bridgehead atoms. The molecule has 0 aromatic heterocycles. The van der Waals surface area contributed by atoms with Gasteiger partial charge in [0, 0.05) is 37.9 Å². The number of unbranched alkanes of at least 4 members (excludes halogenated alkanes) is 19. The first-order valence-corrected chi connectivity index (χ1v) is 20.1. The fourth-order valence-corrected chi connectivity index (χ4v) is 7.60. The second-order valence-electron chi connectivity index (χ2n) is 13.7. The van der Waals surface area contributed by atoms with E-state index in [9.17, 15) is 0 Å². The molecule has 0 radical (unpaired) electrons. The number of nitrogens with zero attached hydrogens (tertiary/aromatic N) is 4. The largest absolute Gasteiger partial charge is 0.356 e. The molecule has 0 saturated heterocycles. The van der Waals surface area contributed by atoms with Gasteiger partial charge in [0.15, 0.2) is 0 Å². The van der Waals surface area contributed by atoms with Crippen LogP contribution in [0.3, 0.4) is 0 Å². The molecule has 0 aromatic rings. The summed E-state index contributed by atoms with van der Waals surface area (Å²) in [5.41, 5.74) is 0.208. The Morgan fingerprint density at radius 1 is 0.432 bits per heavy atom. The summed E-state index contributed by atoms with van der Waals surface area (Å²) in [5.74, 6) is 0. The zero-order valence-corrected chi connectivity index (χ0v) is 31.1. The van der Waals surface area contributed by atoms with E-state index in [0.717, 1.165) is 25.9 Å². The van der Waals surface area contributed by atoms with Gasteiger partial charge in [0.25, 0.3) is 0 Å². The van der Waals surface area contributed by atoms with Gasteiger partial charge in [0.1, 0.15) is 11.0 Å². The quantitative estimate of drug-likeness (QED) is 0.0452. The van der Waals surface area contributed by atoms with Gasteiger partial charge in [-0.25, -0.2) is 0 Å². The van der Waals surface area contributed by atoms with Crippen molar-refractivity contribution >= 4 is 23.2 Å². The molecule has 6 heteroatoms. The van der Waals surface area contributed by atoms with E-state index in [-0.39, 0.29) is 11.0 Å². The van der Waals surface area contributed by atoms with Crippen LogP contribution in [0.15, 0.2) is 24.8 Å². The minimum absolute atomic E-state index is 0.104. The van der Waals surface area contributed by atoms with Crippen molar-refractivity contribution in [1.29, 1.82) is 0 Å². The molecule has 0 N–H and O–H groups in total. The van der Waals surface area contributed by atoms with Crippen LogP contribution >= 0.6 is 23.2 Å². The Balaban J connectivity index is 1.43. The number of hydrogen-bond acceptors (Lipinski definition) is 4. The fraction of sp³-hybridized carbons (Fsp3) is 0.895. The number of alkyl halides is 2. The molecule has 0 saturated carbocycles. The third kappa shape index (κ3) is 16.2. The Hall–Kier alpha value is -0.740. The molecule has 0 amide bonds. The zero-order chi connectivity index (χ0) is 31.8. The van der Waals surface area contributed by atoms with Gasteiger partial charge in [-0.1, -0.05) is 165 Å². The summed E-state index contributed by atoms with van der Waals surface area (Å²) in [4.78, 5) is 9.67. The van der Waals surface area contributed by atoms with E-state index in [1.165, 1.54) is 141 Å². The van der Waals surface area contributed by atoms with Crippen molar-refractivity contribution in [2.24, 2.45) is 0 Å². The summed E-state index contributed by atoms with van der Waals surface area (Å²) in [5, 5.41) is 0. The minimum Gasteiger partial charge on any atom is -0.356 e. The van der Waals surface area contributed by atoms with Crippen molar-refractivity contribution < 1.29 is 0 Å². The molecule has 258 valence electrons. The van der Waals surface area contributed by atoms with Gasteiger partial charge in [-0.05, 0) is 39.5 Å². The first-order valence-electron chi connectivity index (χ1n) is 19.2. The van der Waals surface area contributed by atoms with Gasteiger partial charge in [-0.2, -0.15) is 0 Å². The highest BCUT2D eigenvalue weighted by molar-refractivity contribution is 6.20. The molecule has 0 aromatic carbocycles. The Labute approximate surface area is 284 Å². The topological polar surface area (TPSA) is 13.0 Å². The predicted molar refractivity (Wildman–Crippen MR) is 196 cm³/mol. The lowest BCUT2D eigenvalue weighted by atomic mass is 10.1. The van der Waals surface area contributed by atoms with Gasteiger partial charge in [-0.3, -0.25) is 0 Å². The highest BCUT2D eigenvalue weighted by Crippen LogP contribution is 2.27. The standard InChI is InChI=1S/C38H72Cl2N4/c1-5-7-9-11-13-17-21-25-29-41-31-33-43(35(41)3)37(39)27-23-19-15-16-20-24-28-38(40)44-34-32-42(36(44)4)30-26-22-18-14-12-10-8-6-2/h31-38H,5-30H2,1-4H3. The van der Waals surface area contributed by atoms with Gasteiger partial charge in [0.2, 0.25) is 0 Å². The fourth-order valence-electron chi connectivity index (χ4n) is 6.83. The van der Waals surface area contributed by atoms with Crippen LogP contribution in [-0.2, 0) is 0 Å². The highest BCUT2D eigenvalue weighted by Gasteiger charge is 2.27. The Bertz CT molecular complexity index is 672. The van der Waals surface area contributed by atoms with E-state index < -0.39 is 0 Å². The van der Waals surface area contributed by atoms with Crippen LogP contribution < -0.4 is 0 Å². The molecule has 0 aliphatic carbocycles. The molecule has 0 spiro atoms. The molecule has 4 nitrogen and oxygen atoms in total. The molecule has 44 heavy (non-hydrogen) atoms. The molecular weight excluding hydrogens is 583 g/mol. The Morgan fingerprint density at radius 3 is 1.07 bits per heavy atom. The van der Waals surface area contributed by atoms with Crippen molar-refractivity contribution in [2.45, 2.75) is 205 Å². The number of hydrogen-bond donors (Lipinski definition) is 0. The highest BCUT2D eigenvalue weighted by atomic mass is 35.5. The summed E-state index contributed by atoms with van der Waals surface area (Å²) in [6.45, 7) is 11.5. The first-order chi connectivity index (χ1) is 21.5. The van der Waals surface area contributed by atoms with E-state index in [1.54, 1.807) is 0 Å². The van der Waals surface area contributed by atoms with E-state index >= 15 is 0 Å². The summed E-state index contributed by atoms with van der Waals surface area (Å²) in [7, 11) is 0. The van der Waals surface area contributed by atoms with Crippen LogP contribution in [-0.4, -0.2) is 56.0 Å². The van der Waals surface area contributed by atoms with Crippen molar-refractivity contribution in [1.82, 2.24) is 19.6 Å². The van der Waals surface area contributed by atoms with Gasteiger partial charge in [0.05, 0.1) is 12.3 Å². The SMILES string of the molecule is CCCCCCCCCCN1C=CN(C(Cl)CCCCCCCCC(Cl)N2C=CN(CCCCCCCCCC)C2C)C1C. The number of halogens is 2. The normalized spacial score (nSPS) is 19.6. The van der Waals surface area contributed by atoms with Gasteiger partial charge < -0.3 is 19.6 Å². The summed E-state index contributed by atoms with van der Waals surface area (Å²) < 4.78 is 0. The maximum Gasteiger partial charge on any atom is 0.105 e. The van der Waals surface area contributed by atoms with Gasteiger partial charge >= 0.3 is 0 Å². The monoisotopic (exact) mass is 655 g/mol. The second kappa shape index (κ2) is 25.4. The van der Waals surface area contributed by atoms with E-state index in [0.29, 0.717) is 12.3 Å². The van der Waals surface area contributed by atoms with Crippen LogP contribution in [0.1, 0.15) is 182 Å². The molecular formula is C38H72Cl2N4. The summed E-state index contributed by atoms with van der Waals surface area (Å²) >= 11 is 13.7. The third-order valence-corrected chi connectivity index (χ3v) is 10.9. The van der Waals surface area contributed by atoms with Crippen LogP contribution in [0.25, 0.3) is 0 Å². The predicted octanol–water partition coefficient (Wildman–Crippen LogP) is 12.4. The maximum atomic E-state index is 6.86. The van der Waals surface area contributed by atoms with Gasteiger partial charge in [-0.15, -0.1) is 0 Å². The maximum absolute atomic E-state index is 6.86. The summed E-state index contributed by atoms with van der Waals surface area (Å²) in [6.07, 6.45) is 41.5. The van der Waals surface area contributed by atoms with E-state index in [4.69, 9.17) is 23.2 Å². The molecule has 4 unspecified atom stereocenters. The van der Waals surface area contributed by atoms with Crippen molar-refractivity contribution in [3.05, 3.63) is 24.8 Å². The molecule has 4 atom stereocenters. The zero-order valence-electron chi connectivity index (χ0n) is 29.5. The van der Waals surface area contributed by atoms with Crippen LogP contribution in [0.2, 0.25) is 0 Å². The number of rotatable bonds is 29. The summed E-state index contributed by atoms with van der Waals surface area (Å²) in [6, 6.07) is 0. The van der Waals surface area contributed by atoms with Crippen LogP contribution in [0.5, 0.6) is 0 Å². The molecule has 2 rings (SSSR count). The molecule has 0 fully saturated rings. The smallest absolute Gasteiger partial charge is 0.105 e. The van der Waals surface area contributed by atoms with Crippen molar-refractivity contribution in [3.8, 4) is 0 Å². The van der Waals surface area contributed by atoms with Crippen molar-refractivity contribution in [3.63, 3.8) is 0 Å². The molecule has 2 aliphatic heterocycles. The first kappa shape index (κ1) is 39.4. The average molecular weight is 656 g/mol. The second-order valence-corrected chi connectivity index (χ2v) is 14.8. The lowest BCUT2D eigenvalue weighted by molar-refractivity contribution is 0.151. The third-order valence-electron chi connectivity index (χ3n) is 10.0. The van der Waals surface area contributed by atoms with Crippen LogP contribution in [0.4, 0.5) is 0 Å².